The number of carbonyl (C=O) groups excluding carboxylic acids is 1. The van der Waals surface area contributed by atoms with E-state index in [9.17, 15) is 36.5 Å². The van der Waals surface area contributed by atoms with E-state index in [2.05, 4.69) is 43.7 Å². The molecule has 0 saturated carbocycles. The monoisotopic (exact) mass is 921 g/mol. The number of nitrogens with one attached hydrogen (secondary N) is 3. The van der Waals surface area contributed by atoms with Crippen molar-refractivity contribution in [2.24, 2.45) is 5.41 Å². The van der Waals surface area contributed by atoms with Crippen LogP contribution in [0.5, 0.6) is 11.5 Å². The molecule has 2 fully saturated rings. The molecule has 1 aliphatic carbocycles. The summed E-state index contributed by atoms with van der Waals surface area (Å²) in [7, 11) is -4.61. The smallest absolute Gasteiger partial charge is 0.416 e. The highest BCUT2D eigenvalue weighted by Crippen LogP contribution is 2.46. The summed E-state index contributed by atoms with van der Waals surface area (Å²) in [5, 5.41) is 16.0. The summed E-state index contributed by atoms with van der Waals surface area (Å²) < 4.78 is 81.5. The molecule has 3 aliphatic rings. The van der Waals surface area contributed by atoms with Crippen LogP contribution in [0, 0.1) is 15.5 Å². The minimum Gasteiger partial charge on any atom is -0.455 e. The molecule has 0 bridgehead atoms. The molecule has 4 heterocycles. The first-order chi connectivity index (χ1) is 30.4. The van der Waals surface area contributed by atoms with Crippen molar-refractivity contribution >= 4 is 61.2 Å². The largest absolute Gasteiger partial charge is 0.455 e. The SMILES string of the molecule is CC1(C)CCC(CN2CCN(c3ccc(C(=O)NS(=O)(=O)c4ccc(N[C@@H]5CCCOC5)c([N+](=O)[O-])c4)c(Oc4cnc5[nH]ccc5c4)c3)CC2)=C(c2ccc(C(F)(F)F)cc2Cl)C1. The van der Waals surface area contributed by atoms with Gasteiger partial charge in [0.15, 0.2) is 0 Å². The highest BCUT2D eigenvalue weighted by atomic mass is 35.5. The second-order valence-corrected chi connectivity index (χ2v) is 19.3. The van der Waals surface area contributed by atoms with Gasteiger partial charge in [0.25, 0.3) is 21.6 Å². The number of piperazine rings is 1. The molecule has 3 N–H and O–H groups in total. The fourth-order valence-corrected chi connectivity index (χ4v) is 9.79. The van der Waals surface area contributed by atoms with Crippen LogP contribution in [0.25, 0.3) is 16.6 Å². The number of halogens is 4. The van der Waals surface area contributed by atoms with E-state index in [1.165, 1.54) is 30.5 Å². The Morgan fingerprint density at radius 2 is 1.88 bits per heavy atom. The summed E-state index contributed by atoms with van der Waals surface area (Å²) in [6.45, 7) is 8.37. The van der Waals surface area contributed by atoms with Crippen molar-refractivity contribution in [2.45, 2.75) is 63.1 Å². The number of ether oxygens (including phenoxy) is 2. The molecule has 14 nitrogen and oxygen atoms in total. The van der Waals surface area contributed by atoms with Crippen LogP contribution in [-0.2, 0) is 20.9 Å². The number of amides is 1. The normalized spacial score (nSPS) is 18.5. The summed E-state index contributed by atoms with van der Waals surface area (Å²) in [4.78, 5) is 36.6. The lowest BCUT2D eigenvalue weighted by Gasteiger charge is -2.39. The first-order valence-corrected chi connectivity index (χ1v) is 22.8. The molecule has 5 aromatic rings. The van der Waals surface area contributed by atoms with Crippen LogP contribution < -0.4 is 19.7 Å². The number of allylic oxidation sites excluding steroid dienone is 1. The molecule has 64 heavy (non-hydrogen) atoms. The lowest BCUT2D eigenvalue weighted by atomic mass is 9.72. The number of aromatic nitrogens is 2. The number of H-pyrrole nitrogens is 1. The van der Waals surface area contributed by atoms with Crippen LogP contribution in [0.15, 0.2) is 89.6 Å². The quantitative estimate of drug-likeness (QED) is 0.0804. The van der Waals surface area contributed by atoms with Crippen LogP contribution in [0.4, 0.5) is 30.2 Å². The van der Waals surface area contributed by atoms with Gasteiger partial charge in [-0.05, 0) is 97.2 Å². The number of hydrogen-bond donors (Lipinski definition) is 3. The van der Waals surface area contributed by atoms with E-state index in [0.717, 1.165) is 60.4 Å². The van der Waals surface area contributed by atoms with Gasteiger partial charge in [0.2, 0.25) is 0 Å². The first kappa shape index (κ1) is 44.9. The number of nitrogens with zero attached hydrogens (tertiary/aromatic N) is 4. The van der Waals surface area contributed by atoms with Crippen molar-refractivity contribution in [3.63, 3.8) is 0 Å². The van der Waals surface area contributed by atoms with Crippen molar-refractivity contribution in [3.8, 4) is 11.5 Å². The van der Waals surface area contributed by atoms with Gasteiger partial charge in [-0.3, -0.25) is 19.8 Å². The number of nitro groups is 1. The highest BCUT2D eigenvalue weighted by Gasteiger charge is 2.34. The van der Waals surface area contributed by atoms with Crippen LogP contribution in [0.1, 0.15) is 67.4 Å². The van der Waals surface area contributed by atoms with E-state index in [1.54, 1.807) is 30.5 Å². The fourth-order valence-electron chi connectivity index (χ4n) is 8.51. The third-order valence-electron chi connectivity index (χ3n) is 12.0. The Kier molecular flexibility index (Phi) is 12.7. The van der Waals surface area contributed by atoms with Crippen LogP contribution in [-0.4, -0.2) is 86.1 Å². The average molecular weight is 922 g/mol. The summed E-state index contributed by atoms with van der Waals surface area (Å²) >= 11 is 6.53. The highest BCUT2D eigenvalue weighted by molar-refractivity contribution is 7.90. The van der Waals surface area contributed by atoms with Crippen LogP contribution in [0.2, 0.25) is 5.02 Å². The number of rotatable bonds is 12. The predicted octanol–water partition coefficient (Wildman–Crippen LogP) is 9.43. The van der Waals surface area contributed by atoms with E-state index in [-0.39, 0.29) is 33.5 Å². The van der Waals surface area contributed by atoms with Gasteiger partial charge >= 0.3 is 6.18 Å². The molecule has 0 spiro atoms. The number of benzene rings is 3. The molecule has 2 aromatic heterocycles. The average Bonchev–Trinajstić information content (AvgIpc) is 3.72. The minimum absolute atomic E-state index is 0.0472. The number of carbonyl (C=O) groups is 1. The Balaban J connectivity index is 1.02. The number of fused-ring (bicyclic) bond motifs is 1. The molecule has 2 saturated heterocycles. The van der Waals surface area contributed by atoms with Gasteiger partial charge in [-0.2, -0.15) is 13.2 Å². The molecule has 19 heteroatoms. The summed E-state index contributed by atoms with van der Waals surface area (Å²) in [6, 6.07) is 15.2. The molecule has 2 aliphatic heterocycles. The first-order valence-electron chi connectivity index (χ1n) is 20.9. The van der Waals surface area contributed by atoms with Gasteiger partial charge in [0.05, 0.1) is 33.7 Å². The van der Waals surface area contributed by atoms with Crippen molar-refractivity contribution in [1.29, 1.82) is 0 Å². The predicted molar refractivity (Wildman–Crippen MR) is 237 cm³/mol. The zero-order valence-electron chi connectivity index (χ0n) is 35.1. The number of pyridine rings is 1. The molecular weight excluding hydrogens is 875 g/mol. The molecule has 0 radical (unpaired) electrons. The maximum absolute atomic E-state index is 13.9. The summed E-state index contributed by atoms with van der Waals surface area (Å²) in [6.07, 6.45) is 2.61. The Labute approximate surface area is 373 Å². The number of sulfonamides is 1. The molecule has 0 unspecified atom stereocenters. The van der Waals surface area contributed by atoms with E-state index >= 15 is 0 Å². The minimum atomic E-state index is -4.61. The molecular formula is C45H47ClF3N7O7S. The Morgan fingerprint density at radius 1 is 1.08 bits per heavy atom. The van der Waals surface area contributed by atoms with Crippen molar-refractivity contribution in [2.75, 3.05) is 56.2 Å². The van der Waals surface area contributed by atoms with Crippen molar-refractivity contribution in [1.82, 2.24) is 19.6 Å². The zero-order valence-corrected chi connectivity index (χ0v) is 36.7. The van der Waals surface area contributed by atoms with E-state index < -0.39 is 43.2 Å². The lowest BCUT2D eigenvalue weighted by Crippen LogP contribution is -2.47. The van der Waals surface area contributed by atoms with Crippen molar-refractivity contribution < 1.29 is 40.8 Å². The van der Waals surface area contributed by atoms with Crippen LogP contribution >= 0.6 is 11.6 Å². The third kappa shape index (κ3) is 10.1. The number of nitro benzene ring substituents is 1. The van der Waals surface area contributed by atoms with Gasteiger partial charge in [-0.15, -0.1) is 0 Å². The maximum atomic E-state index is 13.9. The second kappa shape index (κ2) is 18.1. The summed E-state index contributed by atoms with van der Waals surface area (Å²) in [5.74, 6) is -0.669. The Hall–Kier alpha value is -5.69. The van der Waals surface area contributed by atoms with Gasteiger partial charge < -0.3 is 24.7 Å². The Bertz CT molecular complexity index is 2730. The number of alkyl halides is 3. The second-order valence-electron chi connectivity index (χ2n) is 17.2. The van der Waals surface area contributed by atoms with Gasteiger partial charge in [0, 0.05) is 79.8 Å². The standard InChI is InChI=1S/C45H47ClF3N7O7S/c1-44(2)13-11-29(37(24-44)35-8-5-30(21-38(35)46)45(47,48)49)26-54-15-17-55(18-16-54)32-6-9-36(41(22-32)63-33-20-28-12-14-50-42(28)51-25-33)43(57)53-64(60,61)34-7-10-39(40(23-34)56(58)59)52-31-4-3-19-62-27-31/h5-10,12,14,20-23,25,31,52H,3-4,11,13,15-19,24,26-27H2,1-2H3,(H,50,51)(H,53,57)/t31-/m1/s1. The van der Waals surface area contributed by atoms with E-state index in [0.29, 0.717) is 75.0 Å². The third-order valence-corrected chi connectivity index (χ3v) is 13.6. The number of hydrogen-bond acceptors (Lipinski definition) is 11. The molecule has 338 valence electrons. The maximum Gasteiger partial charge on any atom is 0.416 e. The fraction of sp³-hybridized carbons (Fsp3) is 0.378. The lowest BCUT2D eigenvalue weighted by molar-refractivity contribution is -0.384. The number of aromatic amines is 1. The molecule has 8 rings (SSSR count). The number of anilines is 2. The molecule has 1 atom stereocenters. The Morgan fingerprint density at radius 3 is 2.59 bits per heavy atom. The summed E-state index contributed by atoms with van der Waals surface area (Å²) in [5.41, 5.74) is 2.83. The van der Waals surface area contributed by atoms with Crippen molar-refractivity contribution in [3.05, 3.63) is 117 Å². The van der Waals surface area contributed by atoms with Gasteiger partial charge in [0.1, 0.15) is 22.8 Å². The zero-order chi connectivity index (χ0) is 45.4. The van der Waals surface area contributed by atoms with Crippen LogP contribution in [0.3, 0.4) is 0 Å². The van der Waals surface area contributed by atoms with Gasteiger partial charge in [-0.1, -0.05) is 37.1 Å². The topological polar surface area (TPSA) is 172 Å². The van der Waals surface area contributed by atoms with E-state index in [4.69, 9.17) is 21.1 Å². The van der Waals surface area contributed by atoms with E-state index in [1.807, 2.05) is 0 Å². The molecule has 3 aromatic carbocycles. The van der Waals surface area contributed by atoms with Gasteiger partial charge in [-0.25, -0.2) is 18.1 Å². The molecule has 1 amide bonds.